The van der Waals surface area contributed by atoms with Gasteiger partial charge in [0.15, 0.2) is 0 Å². The third-order valence-electron chi connectivity index (χ3n) is 2.82. The highest BCUT2D eigenvalue weighted by atomic mass is 17.2. The molecule has 0 N–H and O–H groups in total. The van der Waals surface area contributed by atoms with Crippen molar-refractivity contribution >= 4 is 5.97 Å². The minimum atomic E-state index is -0.430. The zero-order chi connectivity index (χ0) is 11.5. The Labute approximate surface area is 92.1 Å². The molecule has 1 rings (SSSR count). The van der Waals surface area contributed by atoms with Gasteiger partial charge in [0.1, 0.15) is 5.60 Å². The molecular weight excluding hydrogens is 192 g/mol. The molecule has 1 saturated carbocycles. The average molecular weight is 214 g/mol. The summed E-state index contributed by atoms with van der Waals surface area (Å²) < 4.78 is 0. The van der Waals surface area contributed by atoms with Crippen LogP contribution in [0.4, 0.5) is 0 Å². The van der Waals surface area contributed by atoms with Crippen molar-refractivity contribution in [3.63, 3.8) is 0 Å². The zero-order valence-corrected chi connectivity index (χ0v) is 10.3. The molecule has 1 aliphatic carbocycles. The van der Waals surface area contributed by atoms with Crippen molar-refractivity contribution in [3.8, 4) is 0 Å². The van der Waals surface area contributed by atoms with Crippen molar-refractivity contribution < 1.29 is 14.6 Å². The van der Waals surface area contributed by atoms with Crippen LogP contribution in [0.15, 0.2) is 0 Å². The smallest absolute Gasteiger partial charge is 0.297 e. The van der Waals surface area contributed by atoms with Crippen molar-refractivity contribution in [2.45, 2.75) is 65.4 Å². The van der Waals surface area contributed by atoms with Crippen LogP contribution in [0.5, 0.6) is 0 Å². The molecule has 0 unspecified atom stereocenters. The Kier molecular flexibility index (Phi) is 3.77. The summed E-state index contributed by atoms with van der Waals surface area (Å²) in [6.45, 7) is 7.57. The molecule has 15 heavy (non-hydrogen) atoms. The predicted octanol–water partition coefficient (Wildman–Crippen LogP) is 3.23. The molecule has 0 amide bonds. The van der Waals surface area contributed by atoms with Gasteiger partial charge in [-0.05, 0) is 40.5 Å². The van der Waals surface area contributed by atoms with E-state index in [1.165, 1.54) is 6.42 Å². The van der Waals surface area contributed by atoms with Gasteiger partial charge >= 0.3 is 5.97 Å². The van der Waals surface area contributed by atoms with E-state index in [0.29, 0.717) is 0 Å². The van der Waals surface area contributed by atoms with Gasteiger partial charge in [-0.25, -0.2) is 4.79 Å². The van der Waals surface area contributed by atoms with Crippen LogP contribution in [0, 0.1) is 5.41 Å². The number of hydrogen-bond donors (Lipinski definition) is 0. The van der Waals surface area contributed by atoms with E-state index in [1.54, 1.807) is 0 Å². The Morgan fingerprint density at radius 2 is 1.67 bits per heavy atom. The van der Waals surface area contributed by atoms with Crippen molar-refractivity contribution in [2.75, 3.05) is 0 Å². The first-order chi connectivity index (χ1) is 6.83. The summed E-state index contributed by atoms with van der Waals surface area (Å²) >= 11 is 0. The SMILES string of the molecule is CC(C)(C)OOC(=O)C1(C)CCCCC1. The van der Waals surface area contributed by atoms with Crippen LogP contribution in [0.25, 0.3) is 0 Å². The summed E-state index contributed by atoms with van der Waals surface area (Å²) in [4.78, 5) is 21.8. The quantitative estimate of drug-likeness (QED) is 0.523. The van der Waals surface area contributed by atoms with Crippen LogP contribution in [-0.4, -0.2) is 11.6 Å². The van der Waals surface area contributed by atoms with Gasteiger partial charge in [0.25, 0.3) is 0 Å². The summed E-state index contributed by atoms with van der Waals surface area (Å²) in [7, 11) is 0. The fourth-order valence-electron chi connectivity index (χ4n) is 1.80. The Morgan fingerprint density at radius 3 is 2.13 bits per heavy atom. The number of rotatable bonds is 2. The molecular formula is C12H22O3. The number of hydrogen-bond acceptors (Lipinski definition) is 3. The first-order valence-electron chi connectivity index (χ1n) is 5.74. The zero-order valence-electron chi connectivity index (χ0n) is 10.3. The third-order valence-corrected chi connectivity index (χ3v) is 2.82. The van der Waals surface area contributed by atoms with Crippen LogP contribution in [0.3, 0.4) is 0 Å². The molecule has 0 heterocycles. The minimum Gasteiger partial charge on any atom is -0.297 e. The number of carbonyl (C=O) groups excluding carboxylic acids is 1. The van der Waals surface area contributed by atoms with E-state index in [4.69, 9.17) is 9.78 Å². The van der Waals surface area contributed by atoms with Gasteiger partial charge in [-0.2, -0.15) is 4.89 Å². The second kappa shape index (κ2) is 4.52. The van der Waals surface area contributed by atoms with E-state index in [0.717, 1.165) is 25.7 Å². The lowest BCUT2D eigenvalue weighted by Gasteiger charge is -2.31. The van der Waals surface area contributed by atoms with Gasteiger partial charge < -0.3 is 0 Å². The maximum absolute atomic E-state index is 11.8. The van der Waals surface area contributed by atoms with Gasteiger partial charge in [0.2, 0.25) is 0 Å². The third kappa shape index (κ3) is 3.82. The van der Waals surface area contributed by atoms with E-state index in [1.807, 2.05) is 27.7 Å². The number of carbonyl (C=O) groups is 1. The standard InChI is InChI=1S/C12H22O3/c1-11(2,3)15-14-10(13)12(4)8-6-5-7-9-12/h5-9H2,1-4H3. The predicted molar refractivity (Wildman–Crippen MR) is 58.1 cm³/mol. The Hall–Kier alpha value is -0.570. The van der Waals surface area contributed by atoms with E-state index in [9.17, 15) is 4.79 Å². The molecule has 0 aromatic heterocycles. The van der Waals surface area contributed by atoms with Crippen LogP contribution in [0.2, 0.25) is 0 Å². The van der Waals surface area contributed by atoms with Crippen LogP contribution < -0.4 is 0 Å². The lowest BCUT2D eigenvalue weighted by molar-refractivity contribution is -0.327. The Balaban J connectivity index is 2.45. The van der Waals surface area contributed by atoms with Crippen LogP contribution in [0.1, 0.15) is 59.8 Å². The lowest BCUT2D eigenvalue weighted by Crippen LogP contribution is -2.34. The van der Waals surface area contributed by atoms with Crippen LogP contribution >= 0.6 is 0 Å². The van der Waals surface area contributed by atoms with Crippen LogP contribution in [-0.2, 0) is 14.6 Å². The van der Waals surface area contributed by atoms with E-state index >= 15 is 0 Å². The van der Waals surface area contributed by atoms with E-state index < -0.39 is 5.60 Å². The summed E-state index contributed by atoms with van der Waals surface area (Å²) in [5.74, 6) is -0.211. The highest BCUT2D eigenvalue weighted by Crippen LogP contribution is 2.37. The van der Waals surface area contributed by atoms with Gasteiger partial charge in [0, 0.05) is 0 Å². The highest BCUT2D eigenvalue weighted by Gasteiger charge is 2.37. The molecule has 0 spiro atoms. The Bertz CT molecular complexity index is 222. The maximum atomic E-state index is 11.8. The molecule has 0 atom stereocenters. The largest absolute Gasteiger partial charge is 0.348 e. The monoisotopic (exact) mass is 214 g/mol. The van der Waals surface area contributed by atoms with Crippen molar-refractivity contribution in [1.82, 2.24) is 0 Å². The lowest BCUT2D eigenvalue weighted by atomic mass is 9.76. The topological polar surface area (TPSA) is 35.5 Å². The summed E-state index contributed by atoms with van der Waals surface area (Å²) in [6.07, 6.45) is 5.28. The molecule has 0 saturated heterocycles. The second-order valence-corrected chi connectivity index (χ2v) is 5.69. The van der Waals surface area contributed by atoms with Gasteiger partial charge in [-0.1, -0.05) is 19.3 Å². The first-order valence-corrected chi connectivity index (χ1v) is 5.74. The molecule has 0 bridgehead atoms. The van der Waals surface area contributed by atoms with Gasteiger partial charge in [0.05, 0.1) is 5.41 Å². The normalized spacial score (nSPS) is 21.1. The molecule has 0 radical (unpaired) electrons. The van der Waals surface area contributed by atoms with Gasteiger partial charge in [-0.15, -0.1) is 0 Å². The molecule has 88 valence electrons. The fourth-order valence-corrected chi connectivity index (χ4v) is 1.80. The van der Waals surface area contributed by atoms with Gasteiger partial charge in [-0.3, -0.25) is 4.89 Å². The molecule has 1 fully saturated rings. The van der Waals surface area contributed by atoms with Crippen molar-refractivity contribution in [2.24, 2.45) is 5.41 Å². The molecule has 1 aliphatic rings. The summed E-state index contributed by atoms with van der Waals surface area (Å²) in [5, 5.41) is 0. The fraction of sp³-hybridized carbons (Fsp3) is 0.917. The molecule has 0 aliphatic heterocycles. The Morgan fingerprint density at radius 1 is 1.13 bits per heavy atom. The molecule has 0 aromatic rings. The minimum absolute atomic E-state index is 0.211. The summed E-state index contributed by atoms with van der Waals surface area (Å²) in [6, 6.07) is 0. The molecule has 3 nitrogen and oxygen atoms in total. The molecule has 0 aromatic carbocycles. The highest BCUT2D eigenvalue weighted by molar-refractivity contribution is 5.75. The first kappa shape index (κ1) is 12.5. The maximum Gasteiger partial charge on any atom is 0.348 e. The average Bonchev–Trinajstić information content (AvgIpc) is 2.14. The van der Waals surface area contributed by atoms with E-state index in [2.05, 4.69) is 0 Å². The molecule has 3 heteroatoms. The van der Waals surface area contributed by atoms with Crippen molar-refractivity contribution in [3.05, 3.63) is 0 Å². The second-order valence-electron chi connectivity index (χ2n) is 5.69. The summed E-state index contributed by atoms with van der Waals surface area (Å²) in [5.41, 5.74) is -0.760. The van der Waals surface area contributed by atoms with E-state index in [-0.39, 0.29) is 11.4 Å². The van der Waals surface area contributed by atoms with Crippen molar-refractivity contribution in [1.29, 1.82) is 0 Å².